The van der Waals surface area contributed by atoms with Crippen LogP contribution in [0.25, 0.3) is 0 Å². The summed E-state index contributed by atoms with van der Waals surface area (Å²) in [6.45, 7) is 6.76. The Kier molecular flexibility index (Phi) is 7.37. The van der Waals surface area contributed by atoms with Gasteiger partial charge in [-0.2, -0.15) is 0 Å². The molecule has 2 saturated heterocycles. The van der Waals surface area contributed by atoms with Crippen LogP contribution in [0.2, 0.25) is 5.02 Å². The van der Waals surface area contributed by atoms with Crippen LogP contribution in [0.4, 0.5) is 11.4 Å². The molecule has 1 N–H and O–H groups in total. The van der Waals surface area contributed by atoms with Crippen molar-refractivity contribution in [2.45, 2.75) is 70.5 Å². The summed E-state index contributed by atoms with van der Waals surface area (Å²) in [7, 11) is 0. The molecule has 1 saturated carbocycles. The van der Waals surface area contributed by atoms with E-state index in [4.69, 9.17) is 28.8 Å². The van der Waals surface area contributed by atoms with Gasteiger partial charge in [0.1, 0.15) is 0 Å². The summed E-state index contributed by atoms with van der Waals surface area (Å²) >= 11 is 13.0. The fourth-order valence-electron chi connectivity index (χ4n) is 6.95. The molecule has 1 aromatic carbocycles. The Bertz CT molecular complexity index is 1260. The SMILES string of the molecule is C[C@@H]1C[C@H](C)CN(c2ccc(N3C(=S)N[C@H](c4ccccn4)[C@H]3c3ccn(C4CCCCC4)c3)cc2Cl)C1. The number of hydrogen-bond donors (Lipinski definition) is 1. The van der Waals surface area contributed by atoms with Gasteiger partial charge in [0, 0.05) is 43.4 Å². The maximum Gasteiger partial charge on any atom is 0.174 e. The van der Waals surface area contributed by atoms with E-state index in [9.17, 15) is 0 Å². The lowest BCUT2D eigenvalue weighted by Crippen LogP contribution is -2.38. The van der Waals surface area contributed by atoms with Crippen LogP contribution in [-0.4, -0.2) is 27.8 Å². The van der Waals surface area contributed by atoms with Gasteiger partial charge in [-0.25, -0.2) is 0 Å². The third-order valence-corrected chi connectivity index (χ3v) is 9.21. The molecule has 7 heteroatoms. The van der Waals surface area contributed by atoms with Gasteiger partial charge in [-0.05, 0) is 85.3 Å². The van der Waals surface area contributed by atoms with Gasteiger partial charge < -0.3 is 19.7 Å². The van der Waals surface area contributed by atoms with Crippen LogP contribution < -0.4 is 15.1 Å². The molecule has 3 aliphatic rings. The van der Waals surface area contributed by atoms with Gasteiger partial charge in [0.05, 0.1) is 28.5 Å². The average Bonchev–Trinajstić information content (AvgIpc) is 3.54. The zero-order valence-corrected chi connectivity index (χ0v) is 24.0. The van der Waals surface area contributed by atoms with E-state index in [0.717, 1.165) is 35.2 Å². The minimum Gasteiger partial charge on any atom is -0.370 e. The molecule has 5 nitrogen and oxygen atoms in total. The Hall–Kier alpha value is -2.57. The quantitative estimate of drug-likeness (QED) is 0.331. The maximum absolute atomic E-state index is 6.99. The largest absolute Gasteiger partial charge is 0.370 e. The fourth-order valence-corrected chi connectivity index (χ4v) is 7.59. The Morgan fingerprint density at radius 2 is 1.79 bits per heavy atom. The van der Waals surface area contributed by atoms with Gasteiger partial charge >= 0.3 is 0 Å². The summed E-state index contributed by atoms with van der Waals surface area (Å²) in [5.74, 6) is 1.34. The van der Waals surface area contributed by atoms with E-state index in [0.29, 0.717) is 23.0 Å². The van der Waals surface area contributed by atoms with E-state index in [1.807, 2.05) is 18.3 Å². The predicted molar refractivity (Wildman–Crippen MR) is 161 cm³/mol. The number of piperidine rings is 1. The number of nitrogens with one attached hydrogen (secondary N) is 1. The summed E-state index contributed by atoms with van der Waals surface area (Å²) in [4.78, 5) is 9.41. The van der Waals surface area contributed by atoms with Crippen molar-refractivity contribution in [3.63, 3.8) is 0 Å². The van der Waals surface area contributed by atoms with Crippen LogP contribution in [0, 0.1) is 11.8 Å². The second-order valence-electron chi connectivity index (χ2n) is 11.7. The van der Waals surface area contributed by atoms with Gasteiger partial charge in [0.15, 0.2) is 5.11 Å². The smallest absolute Gasteiger partial charge is 0.174 e. The molecule has 3 fully saturated rings. The van der Waals surface area contributed by atoms with Crippen LogP contribution in [0.15, 0.2) is 61.1 Å². The molecular formula is C31H38ClN5S. The number of thiocarbonyl (C=S) groups is 1. The van der Waals surface area contributed by atoms with Crippen molar-refractivity contribution in [1.82, 2.24) is 14.9 Å². The highest BCUT2D eigenvalue weighted by Crippen LogP contribution is 2.44. The highest BCUT2D eigenvalue weighted by Gasteiger charge is 2.41. The molecule has 2 aromatic heterocycles. The molecule has 4 atom stereocenters. The van der Waals surface area contributed by atoms with E-state index in [2.05, 4.69) is 76.3 Å². The normalized spacial score (nSPS) is 26.6. The van der Waals surface area contributed by atoms with E-state index < -0.39 is 0 Å². The molecule has 2 aliphatic heterocycles. The zero-order valence-electron chi connectivity index (χ0n) is 22.4. The first-order valence-corrected chi connectivity index (χ1v) is 15.0. The summed E-state index contributed by atoms with van der Waals surface area (Å²) in [6, 6.07) is 15.4. The average molecular weight is 548 g/mol. The van der Waals surface area contributed by atoms with E-state index >= 15 is 0 Å². The number of anilines is 2. The molecule has 38 heavy (non-hydrogen) atoms. The van der Waals surface area contributed by atoms with Crippen molar-refractivity contribution < 1.29 is 0 Å². The van der Waals surface area contributed by atoms with Crippen molar-refractivity contribution in [2.75, 3.05) is 22.9 Å². The molecule has 0 unspecified atom stereocenters. The summed E-state index contributed by atoms with van der Waals surface area (Å²) in [5, 5.41) is 5.09. The van der Waals surface area contributed by atoms with Gasteiger partial charge in [0.25, 0.3) is 0 Å². The lowest BCUT2D eigenvalue weighted by Gasteiger charge is -2.37. The summed E-state index contributed by atoms with van der Waals surface area (Å²) in [5.41, 5.74) is 4.38. The van der Waals surface area contributed by atoms with Gasteiger partial charge in [-0.15, -0.1) is 0 Å². The van der Waals surface area contributed by atoms with E-state index in [1.165, 1.54) is 44.1 Å². The lowest BCUT2D eigenvalue weighted by atomic mass is 9.91. The molecule has 0 amide bonds. The first kappa shape index (κ1) is 25.7. The van der Waals surface area contributed by atoms with Crippen molar-refractivity contribution in [3.8, 4) is 0 Å². The number of pyridine rings is 1. The van der Waals surface area contributed by atoms with Gasteiger partial charge in [-0.1, -0.05) is 50.8 Å². The second-order valence-corrected chi connectivity index (χ2v) is 12.5. The van der Waals surface area contributed by atoms with E-state index in [1.54, 1.807) is 0 Å². The molecule has 3 aromatic rings. The number of aromatic nitrogens is 2. The third kappa shape index (κ3) is 5.05. The minimum absolute atomic E-state index is 0.0146. The lowest BCUT2D eigenvalue weighted by molar-refractivity contribution is 0.353. The van der Waals surface area contributed by atoms with Crippen molar-refractivity contribution in [1.29, 1.82) is 0 Å². The molecular weight excluding hydrogens is 510 g/mol. The highest BCUT2D eigenvalue weighted by molar-refractivity contribution is 7.80. The van der Waals surface area contributed by atoms with Crippen molar-refractivity contribution >= 4 is 40.3 Å². The first-order chi connectivity index (χ1) is 18.5. The Morgan fingerprint density at radius 3 is 2.50 bits per heavy atom. The highest BCUT2D eigenvalue weighted by atomic mass is 35.5. The Labute approximate surface area is 237 Å². The minimum atomic E-state index is -0.0480. The van der Waals surface area contributed by atoms with Crippen LogP contribution in [-0.2, 0) is 0 Å². The van der Waals surface area contributed by atoms with Crippen LogP contribution in [0.1, 0.15) is 81.8 Å². The van der Waals surface area contributed by atoms with Crippen LogP contribution in [0.5, 0.6) is 0 Å². The summed E-state index contributed by atoms with van der Waals surface area (Å²) < 4.78 is 2.43. The molecule has 6 rings (SSSR count). The fraction of sp³-hybridized carbons (Fsp3) is 0.484. The number of rotatable bonds is 5. The third-order valence-electron chi connectivity index (χ3n) is 8.59. The van der Waals surface area contributed by atoms with Crippen molar-refractivity contribution in [2.24, 2.45) is 11.8 Å². The predicted octanol–water partition coefficient (Wildman–Crippen LogP) is 7.70. The van der Waals surface area contributed by atoms with Gasteiger partial charge in [-0.3, -0.25) is 4.98 Å². The zero-order chi connectivity index (χ0) is 26.2. The molecule has 0 spiro atoms. The summed E-state index contributed by atoms with van der Waals surface area (Å²) in [6.07, 6.45) is 14.2. The second kappa shape index (κ2) is 10.9. The number of nitrogens with zero attached hydrogens (tertiary/aromatic N) is 4. The molecule has 4 heterocycles. The first-order valence-electron chi connectivity index (χ1n) is 14.2. The number of hydrogen-bond acceptors (Lipinski definition) is 3. The standard InChI is InChI=1S/C31H38ClN5S/c1-21-16-22(2)19-36(18-21)28-12-11-25(17-26(28)32)37-30(29(34-31(37)38)27-10-6-7-14-33-27)23-13-15-35(20-23)24-8-4-3-5-9-24/h6-7,10-15,17,20-22,24,29-30H,3-5,8-9,16,18-19H2,1-2H3,(H,34,38)/t21-,22+,29-,30-/m1/s1. The molecule has 0 bridgehead atoms. The van der Waals surface area contributed by atoms with Crippen molar-refractivity contribution in [3.05, 3.63) is 77.3 Å². The Morgan fingerprint density at radius 1 is 1.00 bits per heavy atom. The topological polar surface area (TPSA) is 36.3 Å². The van der Waals surface area contributed by atoms with Crippen LogP contribution in [0.3, 0.4) is 0 Å². The van der Waals surface area contributed by atoms with Gasteiger partial charge in [0.2, 0.25) is 0 Å². The van der Waals surface area contributed by atoms with E-state index in [-0.39, 0.29) is 12.1 Å². The molecule has 1 aliphatic carbocycles. The maximum atomic E-state index is 6.99. The number of benzene rings is 1. The molecule has 200 valence electrons. The van der Waals surface area contributed by atoms with Crippen LogP contribution >= 0.6 is 23.8 Å². The Balaban J connectivity index is 1.35. The molecule has 0 radical (unpaired) electrons. The number of halogens is 1. The monoisotopic (exact) mass is 547 g/mol.